The van der Waals surface area contributed by atoms with Gasteiger partial charge >= 0.3 is 0 Å². The lowest BCUT2D eigenvalue weighted by atomic mass is 10.2. The van der Waals surface area contributed by atoms with E-state index < -0.39 is 0 Å². The minimum Gasteiger partial charge on any atom is -0.342 e. The summed E-state index contributed by atoms with van der Waals surface area (Å²) in [6.07, 6.45) is 3.82. The van der Waals surface area contributed by atoms with Crippen molar-refractivity contribution in [1.29, 1.82) is 0 Å². The van der Waals surface area contributed by atoms with Gasteiger partial charge in [0.1, 0.15) is 5.03 Å². The standard InChI is InChI=1S/C17H26N4O2S.2ClH/c1-13(16(22)21-10-4-5-11-21)24-15-14(7-6-8-19-15)17(23)20(3)12-9-18-2;;/h6-8,13,18H,4-5,9-12H2,1-3H3;2*1H. The van der Waals surface area contributed by atoms with E-state index in [1.807, 2.05) is 18.9 Å². The van der Waals surface area contributed by atoms with Gasteiger partial charge in [-0.3, -0.25) is 9.59 Å². The first-order valence-electron chi connectivity index (χ1n) is 8.35. The van der Waals surface area contributed by atoms with Crippen molar-refractivity contribution >= 4 is 48.4 Å². The van der Waals surface area contributed by atoms with Crippen molar-refractivity contribution in [3.05, 3.63) is 23.9 Å². The van der Waals surface area contributed by atoms with Crippen LogP contribution in [0.1, 0.15) is 30.1 Å². The van der Waals surface area contributed by atoms with Gasteiger partial charge in [0.25, 0.3) is 5.91 Å². The first-order chi connectivity index (χ1) is 11.5. The Hall–Kier alpha value is -1.02. The number of carbonyl (C=O) groups excluding carboxylic acids is 2. The molecule has 0 bridgehead atoms. The van der Waals surface area contributed by atoms with Crippen molar-refractivity contribution in [1.82, 2.24) is 20.1 Å². The third-order valence-corrected chi connectivity index (χ3v) is 5.20. The third kappa shape index (κ3) is 6.61. The first kappa shape index (κ1) is 25.0. The van der Waals surface area contributed by atoms with Gasteiger partial charge in [0, 0.05) is 39.4 Å². The largest absolute Gasteiger partial charge is 0.342 e. The van der Waals surface area contributed by atoms with Crippen LogP contribution in [0.25, 0.3) is 0 Å². The molecule has 0 aromatic carbocycles. The molecule has 2 amide bonds. The Morgan fingerprint density at radius 1 is 1.35 bits per heavy atom. The predicted molar refractivity (Wildman–Crippen MR) is 111 cm³/mol. The monoisotopic (exact) mass is 422 g/mol. The molecule has 6 nitrogen and oxygen atoms in total. The summed E-state index contributed by atoms with van der Waals surface area (Å²) in [5.74, 6) is 0.0618. The maximum absolute atomic E-state index is 12.6. The van der Waals surface area contributed by atoms with Gasteiger partial charge in [0.05, 0.1) is 10.8 Å². The van der Waals surface area contributed by atoms with Gasteiger partial charge in [-0.25, -0.2) is 4.98 Å². The smallest absolute Gasteiger partial charge is 0.256 e. The average Bonchev–Trinajstić information content (AvgIpc) is 3.13. The van der Waals surface area contributed by atoms with Crippen LogP contribution < -0.4 is 5.32 Å². The number of likely N-dealkylation sites (tertiary alicyclic amines) is 1. The Bertz CT molecular complexity index is 586. The molecule has 2 rings (SSSR count). The fraction of sp³-hybridized carbons (Fsp3) is 0.588. The highest BCUT2D eigenvalue weighted by molar-refractivity contribution is 8.00. The molecule has 0 radical (unpaired) electrons. The van der Waals surface area contributed by atoms with E-state index in [9.17, 15) is 9.59 Å². The predicted octanol–water partition coefficient (Wildman–Crippen LogP) is 2.32. The Morgan fingerprint density at radius 2 is 2.00 bits per heavy atom. The van der Waals surface area contributed by atoms with Crippen LogP contribution in [0.5, 0.6) is 0 Å². The van der Waals surface area contributed by atoms with Gasteiger partial charge in [0.2, 0.25) is 5.91 Å². The molecule has 0 aliphatic carbocycles. The number of hydrogen-bond donors (Lipinski definition) is 1. The second kappa shape index (κ2) is 12.4. The van der Waals surface area contributed by atoms with Gasteiger partial charge in [0.15, 0.2) is 0 Å². The van der Waals surface area contributed by atoms with Crippen molar-refractivity contribution in [2.45, 2.75) is 30.0 Å². The molecular weight excluding hydrogens is 395 g/mol. The minimum atomic E-state index is -0.243. The summed E-state index contributed by atoms with van der Waals surface area (Å²) in [7, 11) is 3.63. The zero-order chi connectivity index (χ0) is 17.5. The summed E-state index contributed by atoms with van der Waals surface area (Å²) in [5.41, 5.74) is 0.558. The van der Waals surface area contributed by atoms with Crippen LogP contribution in [0, 0.1) is 0 Å². The highest BCUT2D eigenvalue weighted by Gasteiger charge is 2.26. The van der Waals surface area contributed by atoms with Crippen molar-refractivity contribution < 1.29 is 9.59 Å². The maximum atomic E-state index is 12.6. The fourth-order valence-corrected chi connectivity index (χ4v) is 3.64. The van der Waals surface area contributed by atoms with E-state index in [0.29, 0.717) is 17.1 Å². The topological polar surface area (TPSA) is 65.5 Å². The molecule has 1 aromatic heterocycles. The number of thioether (sulfide) groups is 1. The van der Waals surface area contributed by atoms with Gasteiger partial charge in [-0.2, -0.15) is 0 Å². The summed E-state index contributed by atoms with van der Waals surface area (Å²) in [6, 6.07) is 3.54. The maximum Gasteiger partial charge on any atom is 0.256 e. The molecule has 1 saturated heterocycles. The van der Waals surface area contributed by atoms with E-state index in [1.54, 1.807) is 30.3 Å². The number of hydrogen-bond acceptors (Lipinski definition) is 5. The van der Waals surface area contributed by atoms with Crippen molar-refractivity contribution in [3.63, 3.8) is 0 Å². The second-order valence-electron chi connectivity index (χ2n) is 5.98. The summed E-state index contributed by atoms with van der Waals surface area (Å²) in [4.78, 5) is 33.0. The molecule has 1 unspecified atom stereocenters. The summed E-state index contributed by atoms with van der Waals surface area (Å²) in [5, 5.41) is 3.41. The highest BCUT2D eigenvalue weighted by Crippen LogP contribution is 2.27. The Kier molecular flexibility index (Phi) is 11.9. The van der Waals surface area contributed by atoms with Gasteiger partial charge < -0.3 is 15.1 Å². The number of pyridine rings is 1. The minimum absolute atomic E-state index is 0. The zero-order valence-corrected chi connectivity index (χ0v) is 17.9. The normalized spacial score (nSPS) is 14.2. The van der Waals surface area contributed by atoms with Gasteiger partial charge in [-0.05, 0) is 38.9 Å². The summed E-state index contributed by atoms with van der Waals surface area (Å²) < 4.78 is 0. The number of nitrogens with zero attached hydrogens (tertiary/aromatic N) is 3. The SMILES string of the molecule is CNCCN(C)C(=O)c1cccnc1SC(C)C(=O)N1CCCC1.Cl.Cl. The number of carbonyl (C=O) groups is 2. The highest BCUT2D eigenvalue weighted by atomic mass is 35.5. The van der Waals surface area contributed by atoms with Gasteiger partial charge in [-0.1, -0.05) is 11.8 Å². The van der Waals surface area contributed by atoms with E-state index in [2.05, 4.69) is 10.3 Å². The quantitative estimate of drug-likeness (QED) is 0.682. The third-order valence-electron chi connectivity index (χ3n) is 4.10. The number of rotatable bonds is 7. The number of likely N-dealkylation sites (N-methyl/N-ethyl adjacent to an activating group) is 2. The van der Waals surface area contributed by atoms with E-state index in [0.717, 1.165) is 32.5 Å². The molecule has 1 N–H and O–H groups in total. The molecule has 1 aliphatic rings. The van der Waals surface area contributed by atoms with Crippen molar-refractivity contribution in [3.8, 4) is 0 Å². The summed E-state index contributed by atoms with van der Waals surface area (Å²) >= 11 is 1.37. The molecule has 26 heavy (non-hydrogen) atoms. The first-order valence-corrected chi connectivity index (χ1v) is 9.23. The second-order valence-corrected chi connectivity index (χ2v) is 7.31. The molecule has 1 aliphatic heterocycles. The van der Waals surface area contributed by atoms with Gasteiger partial charge in [-0.15, -0.1) is 24.8 Å². The lowest BCUT2D eigenvalue weighted by Crippen LogP contribution is -2.35. The lowest BCUT2D eigenvalue weighted by Gasteiger charge is -2.21. The van der Waals surface area contributed by atoms with Crippen LogP contribution in [0.4, 0.5) is 0 Å². The van der Waals surface area contributed by atoms with Crippen molar-refractivity contribution in [2.75, 3.05) is 40.3 Å². The fourth-order valence-electron chi connectivity index (χ4n) is 2.65. The molecule has 0 spiro atoms. The van der Waals surface area contributed by atoms with Crippen LogP contribution in [0.15, 0.2) is 23.4 Å². The Morgan fingerprint density at radius 3 is 2.62 bits per heavy atom. The average molecular weight is 423 g/mol. The number of halogens is 2. The zero-order valence-electron chi connectivity index (χ0n) is 15.4. The Labute approximate surface area is 172 Å². The summed E-state index contributed by atoms with van der Waals surface area (Å²) in [6.45, 7) is 4.92. The van der Waals surface area contributed by atoms with Crippen molar-refractivity contribution in [2.24, 2.45) is 0 Å². The molecule has 1 aromatic rings. The van der Waals surface area contributed by atoms with E-state index in [1.165, 1.54) is 11.8 Å². The molecule has 9 heteroatoms. The molecule has 1 fully saturated rings. The number of nitrogens with one attached hydrogen (secondary N) is 1. The molecular formula is C17H28Cl2N4O2S. The Balaban J connectivity index is 0.00000312. The number of aromatic nitrogens is 1. The molecule has 148 valence electrons. The molecule has 0 saturated carbocycles. The molecule has 1 atom stereocenters. The van der Waals surface area contributed by atoms with Crippen LogP contribution in [-0.2, 0) is 4.79 Å². The van der Waals surface area contributed by atoms with E-state index in [-0.39, 0.29) is 41.9 Å². The molecule has 2 heterocycles. The van der Waals surface area contributed by atoms with E-state index >= 15 is 0 Å². The van der Waals surface area contributed by atoms with Crippen LogP contribution in [0.3, 0.4) is 0 Å². The van der Waals surface area contributed by atoms with Crippen LogP contribution in [0.2, 0.25) is 0 Å². The lowest BCUT2D eigenvalue weighted by molar-refractivity contribution is -0.129. The van der Waals surface area contributed by atoms with Crippen LogP contribution >= 0.6 is 36.6 Å². The number of amides is 2. The van der Waals surface area contributed by atoms with E-state index in [4.69, 9.17) is 0 Å². The van der Waals surface area contributed by atoms with Crippen LogP contribution in [-0.4, -0.2) is 72.1 Å².